The van der Waals surface area contributed by atoms with Crippen LogP contribution in [0.1, 0.15) is 28.3 Å². The van der Waals surface area contributed by atoms with Crippen molar-refractivity contribution in [1.29, 1.82) is 0 Å². The zero-order chi connectivity index (χ0) is 18.5. The van der Waals surface area contributed by atoms with Crippen LogP contribution in [0.4, 0.5) is 0 Å². The molecule has 0 amide bonds. The number of ether oxygens (including phenoxy) is 2. The van der Waals surface area contributed by atoms with E-state index in [1.165, 1.54) is 16.7 Å². The van der Waals surface area contributed by atoms with Crippen LogP contribution in [0.15, 0.2) is 72.8 Å². The largest absolute Gasteiger partial charge is 0.493 e. The zero-order valence-electron chi connectivity index (χ0n) is 16.1. The average molecular weight is 396 g/mol. The molecule has 3 nitrogen and oxygen atoms in total. The lowest BCUT2D eigenvalue weighted by atomic mass is 9.90. The first-order valence-electron chi connectivity index (χ1n) is 9.48. The average Bonchev–Trinajstić information content (AvgIpc) is 2.73. The molecule has 0 bridgehead atoms. The van der Waals surface area contributed by atoms with Gasteiger partial charge in [0.05, 0.1) is 7.11 Å². The number of rotatable bonds is 6. The summed E-state index contributed by atoms with van der Waals surface area (Å²) in [5, 5.41) is 3.67. The molecule has 3 aromatic rings. The summed E-state index contributed by atoms with van der Waals surface area (Å²) in [5.41, 5.74) is 5.15. The summed E-state index contributed by atoms with van der Waals surface area (Å²) < 4.78 is 11.7. The summed E-state index contributed by atoms with van der Waals surface area (Å²) in [7, 11) is 1.71. The zero-order valence-corrected chi connectivity index (χ0v) is 16.9. The number of methoxy groups -OCH3 is 1. The quantitative estimate of drug-likeness (QED) is 0.628. The van der Waals surface area contributed by atoms with Gasteiger partial charge in [0.2, 0.25) is 0 Å². The fraction of sp³-hybridized carbons (Fsp3) is 0.250. The highest BCUT2D eigenvalue weighted by molar-refractivity contribution is 5.85. The molecule has 0 saturated carbocycles. The van der Waals surface area contributed by atoms with Crippen molar-refractivity contribution in [2.24, 2.45) is 0 Å². The molecule has 28 heavy (non-hydrogen) atoms. The smallest absolute Gasteiger partial charge is 0.162 e. The van der Waals surface area contributed by atoms with Crippen LogP contribution in [0.5, 0.6) is 11.5 Å². The Bertz CT molecular complexity index is 884. The second kappa shape index (κ2) is 9.63. The Morgan fingerprint density at radius 1 is 0.893 bits per heavy atom. The predicted molar refractivity (Wildman–Crippen MR) is 116 cm³/mol. The summed E-state index contributed by atoms with van der Waals surface area (Å²) >= 11 is 0. The summed E-state index contributed by atoms with van der Waals surface area (Å²) in [4.78, 5) is 0. The molecule has 0 fully saturated rings. The minimum Gasteiger partial charge on any atom is -0.493 e. The van der Waals surface area contributed by atoms with Crippen molar-refractivity contribution in [2.45, 2.75) is 25.5 Å². The van der Waals surface area contributed by atoms with E-state index >= 15 is 0 Å². The van der Waals surface area contributed by atoms with E-state index in [1.807, 2.05) is 18.2 Å². The maximum absolute atomic E-state index is 6.13. The second-order valence-electron chi connectivity index (χ2n) is 6.92. The summed E-state index contributed by atoms with van der Waals surface area (Å²) in [5.74, 6) is 1.62. The van der Waals surface area contributed by atoms with Crippen LogP contribution in [0.25, 0.3) is 0 Å². The fourth-order valence-corrected chi connectivity index (χ4v) is 3.69. The van der Waals surface area contributed by atoms with E-state index < -0.39 is 0 Å². The highest BCUT2D eigenvalue weighted by Gasteiger charge is 2.23. The number of halogens is 1. The number of benzene rings is 3. The second-order valence-corrected chi connectivity index (χ2v) is 6.92. The molecule has 4 heteroatoms. The Morgan fingerprint density at radius 3 is 2.25 bits per heavy atom. The molecule has 1 atom stereocenters. The van der Waals surface area contributed by atoms with E-state index in [-0.39, 0.29) is 12.4 Å². The van der Waals surface area contributed by atoms with Crippen molar-refractivity contribution in [3.8, 4) is 11.5 Å². The monoisotopic (exact) mass is 395 g/mol. The van der Waals surface area contributed by atoms with Crippen LogP contribution in [-0.2, 0) is 19.4 Å². The van der Waals surface area contributed by atoms with Gasteiger partial charge in [0.1, 0.15) is 6.61 Å². The standard InChI is InChI=1S/C24H25NO2.ClH/c1-26-23-15-20-12-13-25-22(14-18-8-4-2-5-9-18)21(20)16-24(23)27-17-19-10-6-3-7-11-19;/h2-11,15-16,22,25H,12-14,17H2,1H3;1H. The van der Waals surface area contributed by atoms with E-state index in [2.05, 4.69) is 59.9 Å². The molecule has 1 N–H and O–H groups in total. The number of hydrogen-bond acceptors (Lipinski definition) is 3. The van der Waals surface area contributed by atoms with Crippen LogP contribution < -0.4 is 14.8 Å². The Hall–Kier alpha value is -2.49. The Balaban J connectivity index is 0.00000225. The van der Waals surface area contributed by atoms with Crippen molar-refractivity contribution in [2.75, 3.05) is 13.7 Å². The van der Waals surface area contributed by atoms with Gasteiger partial charge in [0, 0.05) is 6.04 Å². The van der Waals surface area contributed by atoms with Gasteiger partial charge in [0.15, 0.2) is 11.5 Å². The molecule has 1 aliphatic heterocycles. The molecule has 3 aromatic carbocycles. The van der Waals surface area contributed by atoms with Gasteiger partial charge < -0.3 is 14.8 Å². The van der Waals surface area contributed by atoms with Crippen molar-refractivity contribution in [3.05, 3.63) is 95.1 Å². The van der Waals surface area contributed by atoms with Gasteiger partial charge in [-0.05, 0) is 53.8 Å². The highest BCUT2D eigenvalue weighted by atomic mass is 35.5. The molecule has 0 aromatic heterocycles. The molecule has 0 saturated heterocycles. The lowest BCUT2D eigenvalue weighted by Crippen LogP contribution is -2.31. The number of hydrogen-bond donors (Lipinski definition) is 1. The molecule has 0 spiro atoms. The van der Waals surface area contributed by atoms with Gasteiger partial charge in [0.25, 0.3) is 0 Å². The molecular weight excluding hydrogens is 370 g/mol. The van der Waals surface area contributed by atoms with E-state index in [4.69, 9.17) is 9.47 Å². The van der Waals surface area contributed by atoms with Crippen molar-refractivity contribution in [3.63, 3.8) is 0 Å². The summed E-state index contributed by atoms with van der Waals surface area (Å²) in [6.07, 6.45) is 1.98. The van der Waals surface area contributed by atoms with Crippen LogP contribution >= 0.6 is 12.4 Å². The van der Waals surface area contributed by atoms with Crippen LogP contribution in [0.2, 0.25) is 0 Å². The van der Waals surface area contributed by atoms with Crippen LogP contribution in [-0.4, -0.2) is 13.7 Å². The van der Waals surface area contributed by atoms with Gasteiger partial charge in [-0.2, -0.15) is 0 Å². The van der Waals surface area contributed by atoms with Gasteiger partial charge in [-0.15, -0.1) is 12.4 Å². The maximum atomic E-state index is 6.13. The molecule has 0 radical (unpaired) electrons. The third-order valence-electron chi connectivity index (χ3n) is 5.11. The normalized spacial score (nSPS) is 15.2. The number of nitrogens with one attached hydrogen (secondary N) is 1. The Labute approximate surface area is 173 Å². The van der Waals surface area contributed by atoms with E-state index in [9.17, 15) is 0 Å². The highest BCUT2D eigenvalue weighted by Crippen LogP contribution is 2.36. The fourth-order valence-electron chi connectivity index (χ4n) is 3.69. The third kappa shape index (κ3) is 4.67. The van der Waals surface area contributed by atoms with Gasteiger partial charge >= 0.3 is 0 Å². The van der Waals surface area contributed by atoms with E-state index in [0.717, 1.165) is 36.4 Å². The first-order chi connectivity index (χ1) is 13.3. The van der Waals surface area contributed by atoms with Gasteiger partial charge in [-0.25, -0.2) is 0 Å². The first kappa shape index (κ1) is 20.2. The summed E-state index contributed by atoms with van der Waals surface area (Å²) in [6.45, 7) is 1.52. The van der Waals surface area contributed by atoms with E-state index in [0.29, 0.717) is 12.6 Å². The minimum absolute atomic E-state index is 0. The third-order valence-corrected chi connectivity index (χ3v) is 5.11. The lowest BCUT2D eigenvalue weighted by molar-refractivity contribution is 0.283. The molecule has 4 rings (SSSR count). The summed E-state index contributed by atoms with van der Waals surface area (Å²) in [6, 6.07) is 25.5. The maximum Gasteiger partial charge on any atom is 0.162 e. The molecule has 146 valence electrons. The molecule has 1 heterocycles. The van der Waals surface area contributed by atoms with Crippen molar-refractivity contribution in [1.82, 2.24) is 5.32 Å². The van der Waals surface area contributed by atoms with Crippen LogP contribution in [0.3, 0.4) is 0 Å². The van der Waals surface area contributed by atoms with E-state index in [1.54, 1.807) is 7.11 Å². The Morgan fingerprint density at radius 2 is 1.57 bits per heavy atom. The van der Waals surface area contributed by atoms with Gasteiger partial charge in [-0.3, -0.25) is 0 Å². The molecule has 0 aliphatic carbocycles. The first-order valence-corrected chi connectivity index (χ1v) is 9.48. The molecule has 1 aliphatic rings. The topological polar surface area (TPSA) is 30.5 Å². The Kier molecular flexibility index (Phi) is 6.96. The van der Waals surface area contributed by atoms with Gasteiger partial charge in [-0.1, -0.05) is 60.7 Å². The molecule has 1 unspecified atom stereocenters. The SMILES string of the molecule is COc1cc2c(cc1OCc1ccccc1)C(Cc1ccccc1)NCC2.Cl. The predicted octanol–water partition coefficient (Wildman–Crippen LogP) is 5.13. The van der Waals surface area contributed by atoms with Crippen molar-refractivity contribution < 1.29 is 9.47 Å². The lowest BCUT2D eigenvalue weighted by Gasteiger charge is -2.28. The minimum atomic E-state index is 0. The molecular formula is C24H26ClNO2. The van der Waals surface area contributed by atoms with Crippen LogP contribution in [0, 0.1) is 0 Å². The number of fused-ring (bicyclic) bond motifs is 1. The van der Waals surface area contributed by atoms with Crippen molar-refractivity contribution >= 4 is 12.4 Å².